The fourth-order valence-electron chi connectivity index (χ4n) is 2.30. The Morgan fingerprint density at radius 2 is 1.56 bits per heavy atom. The van der Waals surface area contributed by atoms with Crippen molar-refractivity contribution in [2.24, 2.45) is 0 Å². The van der Waals surface area contributed by atoms with Crippen molar-refractivity contribution < 1.29 is 31.1 Å². The Labute approximate surface area is 150 Å². The molecule has 0 spiro atoms. The Morgan fingerprint density at radius 3 is 2.07 bits per heavy atom. The number of carbonyl (C=O) groups excluding carboxylic acids is 1. The number of nitrogens with zero attached hydrogens (tertiary/aromatic N) is 1. The standard InChI is InChI=1S/C17H15F6N3O/c18-16(19,20)15(17(21,22)23,25-13-7-4-10-24-11-13)26-14(27)9-8-12-5-2-1-3-6-12/h1-7,10-11,25H,8-9H2,(H,26,27). The highest BCUT2D eigenvalue weighted by atomic mass is 19.4. The van der Waals surface area contributed by atoms with E-state index in [4.69, 9.17) is 0 Å². The van der Waals surface area contributed by atoms with E-state index < -0.39 is 36.0 Å². The molecule has 146 valence electrons. The third-order valence-electron chi connectivity index (χ3n) is 3.65. The maximum Gasteiger partial charge on any atom is 0.439 e. The molecule has 4 nitrogen and oxygen atoms in total. The van der Waals surface area contributed by atoms with Crippen LogP contribution in [0.5, 0.6) is 0 Å². The minimum atomic E-state index is -5.86. The van der Waals surface area contributed by atoms with Crippen molar-refractivity contribution in [1.29, 1.82) is 0 Å². The number of hydrogen-bond acceptors (Lipinski definition) is 3. The van der Waals surface area contributed by atoms with Crippen LogP contribution in [0.4, 0.5) is 32.0 Å². The van der Waals surface area contributed by atoms with Crippen molar-refractivity contribution in [3.05, 3.63) is 60.4 Å². The van der Waals surface area contributed by atoms with Crippen molar-refractivity contribution in [2.75, 3.05) is 5.32 Å². The zero-order valence-corrected chi connectivity index (χ0v) is 13.7. The predicted octanol–water partition coefficient (Wildman–Crippen LogP) is 4.06. The maximum absolute atomic E-state index is 13.5. The summed E-state index contributed by atoms with van der Waals surface area (Å²) in [5, 5.41) is 2.46. The van der Waals surface area contributed by atoms with Crippen LogP contribution < -0.4 is 10.6 Å². The van der Waals surface area contributed by atoms with Gasteiger partial charge in [-0.1, -0.05) is 30.3 Å². The van der Waals surface area contributed by atoms with Gasteiger partial charge in [0.1, 0.15) is 0 Å². The van der Waals surface area contributed by atoms with Gasteiger partial charge in [0, 0.05) is 12.6 Å². The molecule has 0 saturated heterocycles. The van der Waals surface area contributed by atoms with Gasteiger partial charge in [0.15, 0.2) is 0 Å². The third kappa shape index (κ3) is 4.89. The second-order valence-corrected chi connectivity index (χ2v) is 5.65. The Bertz CT molecular complexity index is 733. The number of benzene rings is 1. The maximum atomic E-state index is 13.5. The highest BCUT2D eigenvalue weighted by molar-refractivity contribution is 5.78. The lowest BCUT2D eigenvalue weighted by molar-refractivity contribution is -0.295. The number of nitrogens with one attached hydrogen (secondary N) is 2. The van der Waals surface area contributed by atoms with Crippen LogP contribution in [0.3, 0.4) is 0 Å². The summed E-state index contributed by atoms with van der Waals surface area (Å²) >= 11 is 0. The molecule has 27 heavy (non-hydrogen) atoms. The molecule has 0 unspecified atom stereocenters. The minimum Gasteiger partial charge on any atom is -0.346 e. The van der Waals surface area contributed by atoms with Crippen molar-refractivity contribution >= 4 is 11.6 Å². The quantitative estimate of drug-likeness (QED) is 0.577. The van der Waals surface area contributed by atoms with Crippen LogP contribution in [-0.2, 0) is 11.2 Å². The first-order valence-corrected chi connectivity index (χ1v) is 7.72. The van der Waals surface area contributed by atoms with E-state index in [2.05, 4.69) is 4.98 Å². The van der Waals surface area contributed by atoms with Gasteiger partial charge in [-0.25, -0.2) is 0 Å². The van der Waals surface area contributed by atoms with Crippen LogP contribution in [0, 0.1) is 0 Å². The molecule has 2 aromatic rings. The van der Waals surface area contributed by atoms with Gasteiger partial charge in [-0.2, -0.15) is 26.3 Å². The van der Waals surface area contributed by atoms with Gasteiger partial charge in [-0.15, -0.1) is 0 Å². The number of aromatic nitrogens is 1. The van der Waals surface area contributed by atoms with E-state index in [-0.39, 0.29) is 6.42 Å². The Kier molecular flexibility index (Phi) is 5.97. The average molecular weight is 391 g/mol. The summed E-state index contributed by atoms with van der Waals surface area (Å²) in [7, 11) is 0. The van der Waals surface area contributed by atoms with E-state index in [9.17, 15) is 31.1 Å². The van der Waals surface area contributed by atoms with Gasteiger partial charge >= 0.3 is 18.0 Å². The van der Waals surface area contributed by atoms with Crippen molar-refractivity contribution in [3.8, 4) is 0 Å². The second kappa shape index (κ2) is 7.85. The number of halogens is 6. The van der Waals surface area contributed by atoms with Crippen LogP contribution in [0.15, 0.2) is 54.9 Å². The average Bonchev–Trinajstić information content (AvgIpc) is 2.59. The van der Waals surface area contributed by atoms with Gasteiger partial charge in [0.05, 0.1) is 11.9 Å². The number of anilines is 1. The van der Waals surface area contributed by atoms with E-state index in [1.54, 1.807) is 30.3 Å². The molecule has 0 aliphatic rings. The largest absolute Gasteiger partial charge is 0.439 e. The first-order valence-electron chi connectivity index (χ1n) is 7.72. The number of aryl methyl sites for hydroxylation is 1. The SMILES string of the molecule is O=C(CCc1ccccc1)NC(Nc1cccnc1)(C(F)(F)F)C(F)(F)F. The van der Waals surface area contributed by atoms with Crippen molar-refractivity contribution in [3.63, 3.8) is 0 Å². The molecule has 0 bridgehead atoms. The monoisotopic (exact) mass is 391 g/mol. The normalized spacial score (nSPS) is 12.5. The highest BCUT2D eigenvalue weighted by Crippen LogP contribution is 2.43. The summed E-state index contributed by atoms with van der Waals surface area (Å²) in [6.07, 6.45) is -10.3. The topological polar surface area (TPSA) is 54.0 Å². The number of pyridine rings is 1. The molecule has 2 N–H and O–H groups in total. The second-order valence-electron chi connectivity index (χ2n) is 5.65. The van der Waals surface area contributed by atoms with E-state index in [1.165, 1.54) is 11.5 Å². The molecule has 0 saturated carbocycles. The number of hydrogen-bond donors (Lipinski definition) is 2. The van der Waals surface area contributed by atoms with E-state index in [0.717, 1.165) is 23.6 Å². The first-order chi connectivity index (χ1) is 12.6. The van der Waals surface area contributed by atoms with E-state index >= 15 is 0 Å². The van der Waals surface area contributed by atoms with Crippen molar-refractivity contribution in [2.45, 2.75) is 30.9 Å². The highest BCUT2D eigenvalue weighted by Gasteiger charge is 2.72. The summed E-state index contributed by atoms with van der Waals surface area (Å²) in [5.74, 6) is -1.40. The molecule has 1 amide bonds. The Hall–Kier alpha value is -2.78. The van der Waals surface area contributed by atoms with Crippen LogP contribution >= 0.6 is 0 Å². The zero-order chi connectivity index (χ0) is 20.1. The fourth-order valence-corrected chi connectivity index (χ4v) is 2.30. The predicted molar refractivity (Wildman–Crippen MR) is 85.6 cm³/mol. The smallest absolute Gasteiger partial charge is 0.346 e. The molecular weight excluding hydrogens is 376 g/mol. The molecule has 0 radical (unpaired) electrons. The molecule has 1 aromatic heterocycles. The minimum absolute atomic E-state index is 0.00857. The lowest BCUT2D eigenvalue weighted by Crippen LogP contribution is -2.72. The number of amides is 1. The number of carbonyl (C=O) groups is 1. The van der Waals surface area contributed by atoms with Gasteiger partial charge in [-0.3, -0.25) is 9.78 Å². The molecule has 0 atom stereocenters. The van der Waals surface area contributed by atoms with E-state index in [0.29, 0.717) is 5.56 Å². The van der Waals surface area contributed by atoms with Gasteiger partial charge in [-0.05, 0) is 24.1 Å². The Balaban J connectivity index is 2.27. The fraction of sp³-hybridized carbons (Fsp3) is 0.294. The lowest BCUT2D eigenvalue weighted by atomic mass is 10.1. The summed E-state index contributed by atoms with van der Waals surface area (Å²) in [6, 6.07) is 10.4. The summed E-state index contributed by atoms with van der Waals surface area (Å²) in [6.45, 7) is 0. The molecule has 0 aliphatic carbocycles. The molecule has 0 fully saturated rings. The van der Waals surface area contributed by atoms with E-state index in [1.807, 2.05) is 0 Å². The lowest BCUT2D eigenvalue weighted by Gasteiger charge is -2.38. The van der Waals surface area contributed by atoms with Crippen LogP contribution in [0.2, 0.25) is 0 Å². The Morgan fingerprint density at radius 1 is 0.926 bits per heavy atom. The third-order valence-corrected chi connectivity index (χ3v) is 3.65. The summed E-state index contributed by atoms with van der Waals surface area (Å²) in [4.78, 5) is 15.4. The molecule has 0 aliphatic heterocycles. The number of alkyl halides is 6. The summed E-state index contributed by atoms with van der Waals surface area (Å²) < 4.78 is 80.8. The molecule has 1 heterocycles. The molecule has 10 heteroatoms. The first kappa shape index (κ1) is 20.5. The van der Waals surface area contributed by atoms with Gasteiger partial charge < -0.3 is 10.6 Å². The van der Waals surface area contributed by atoms with Crippen molar-refractivity contribution in [1.82, 2.24) is 10.3 Å². The van der Waals surface area contributed by atoms with Gasteiger partial charge in [0.25, 0.3) is 0 Å². The van der Waals surface area contributed by atoms with Crippen LogP contribution in [-0.4, -0.2) is 28.9 Å². The molecule has 2 rings (SSSR count). The zero-order valence-electron chi connectivity index (χ0n) is 13.7. The van der Waals surface area contributed by atoms with Crippen LogP contribution in [0.1, 0.15) is 12.0 Å². The molecular formula is C17H15F6N3O. The van der Waals surface area contributed by atoms with Gasteiger partial charge in [0.2, 0.25) is 5.91 Å². The van der Waals surface area contributed by atoms with Crippen LogP contribution in [0.25, 0.3) is 0 Å². The summed E-state index contributed by atoms with van der Waals surface area (Å²) in [5.41, 5.74) is -4.58. The molecule has 1 aromatic carbocycles. The number of rotatable bonds is 6.